The molecule has 2 saturated heterocycles. The lowest BCUT2D eigenvalue weighted by molar-refractivity contribution is -0.0111. The third-order valence-electron chi connectivity index (χ3n) is 3.67. The van der Waals surface area contributed by atoms with E-state index in [-0.39, 0.29) is 11.8 Å². The molecule has 1 spiro atoms. The van der Waals surface area contributed by atoms with Crippen molar-refractivity contribution in [3.63, 3.8) is 0 Å². The Bertz CT molecular complexity index is 465. The number of benzene rings is 1. The standard InChI is InChI=1S/C13H16FN3O/c14-11-3-1-2-10(4-11)5-16-12(18)17-8-13(9-17)6-15-7-13/h1-4,15H,5-9H2,(H,16,18). The lowest BCUT2D eigenvalue weighted by Crippen LogP contribution is -2.72. The van der Waals surface area contributed by atoms with Crippen LogP contribution in [0.1, 0.15) is 5.56 Å². The summed E-state index contributed by atoms with van der Waals surface area (Å²) in [5, 5.41) is 6.04. The lowest BCUT2D eigenvalue weighted by atomic mass is 9.75. The summed E-state index contributed by atoms with van der Waals surface area (Å²) in [6.45, 7) is 4.06. The Morgan fingerprint density at radius 1 is 1.44 bits per heavy atom. The quantitative estimate of drug-likeness (QED) is 0.819. The zero-order chi connectivity index (χ0) is 12.6. The van der Waals surface area contributed by atoms with E-state index in [9.17, 15) is 9.18 Å². The molecule has 96 valence electrons. The van der Waals surface area contributed by atoms with E-state index in [4.69, 9.17) is 0 Å². The van der Waals surface area contributed by atoms with Gasteiger partial charge in [-0.1, -0.05) is 12.1 Å². The summed E-state index contributed by atoms with van der Waals surface area (Å²) < 4.78 is 13.0. The lowest BCUT2D eigenvalue weighted by Gasteiger charge is -2.55. The molecule has 2 amide bonds. The number of carbonyl (C=O) groups is 1. The Kier molecular flexibility index (Phi) is 2.70. The topological polar surface area (TPSA) is 44.4 Å². The normalized spacial score (nSPS) is 20.2. The van der Waals surface area contributed by atoms with Crippen molar-refractivity contribution in [3.8, 4) is 0 Å². The molecule has 0 saturated carbocycles. The first-order valence-electron chi connectivity index (χ1n) is 6.15. The number of hydrogen-bond donors (Lipinski definition) is 2. The third kappa shape index (κ3) is 2.06. The van der Waals surface area contributed by atoms with Crippen LogP contribution < -0.4 is 10.6 Å². The molecule has 18 heavy (non-hydrogen) atoms. The molecule has 1 aromatic rings. The van der Waals surface area contributed by atoms with Crippen LogP contribution in [-0.2, 0) is 6.54 Å². The van der Waals surface area contributed by atoms with Crippen LogP contribution >= 0.6 is 0 Å². The van der Waals surface area contributed by atoms with Crippen LogP contribution in [0.2, 0.25) is 0 Å². The van der Waals surface area contributed by atoms with Gasteiger partial charge in [0.2, 0.25) is 0 Å². The maximum Gasteiger partial charge on any atom is 0.317 e. The minimum absolute atomic E-state index is 0.0585. The minimum atomic E-state index is -0.273. The fraction of sp³-hybridized carbons (Fsp3) is 0.462. The van der Waals surface area contributed by atoms with E-state index in [0.29, 0.717) is 12.0 Å². The number of urea groups is 1. The molecular formula is C13H16FN3O. The molecule has 2 aliphatic heterocycles. The zero-order valence-electron chi connectivity index (χ0n) is 10.1. The molecule has 2 aliphatic rings. The monoisotopic (exact) mass is 249 g/mol. The van der Waals surface area contributed by atoms with Crippen molar-refractivity contribution < 1.29 is 9.18 Å². The molecule has 0 radical (unpaired) electrons. The second-order valence-electron chi connectivity index (χ2n) is 5.25. The predicted molar refractivity (Wildman–Crippen MR) is 65.5 cm³/mol. The van der Waals surface area contributed by atoms with Gasteiger partial charge in [-0.3, -0.25) is 0 Å². The van der Waals surface area contributed by atoms with Crippen molar-refractivity contribution in [3.05, 3.63) is 35.6 Å². The predicted octanol–water partition coefficient (Wildman–Crippen LogP) is 0.940. The summed E-state index contributed by atoms with van der Waals surface area (Å²) in [6.07, 6.45) is 0. The molecule has 2 N–H and O–H groups in total. The average Bonchev–Trinajstić information content (AvgIpc) is 2.22. The fourth-order valence-corrected chi connectivity index (χ4v) is 2.55. The summed E-state index contributed by atoms with van der Waals surface area (Å²) in [6, 6.07) is 6.23. The number of halogens is 1. The van der Waals surface area contributed by atoms with E-state index in [0.717, 1.165) is 31.7 Å². The Labute approximate surface area is 105 Å². The average molecular weight is 249 g/mol. The number of amides is 2. The highest BCUT2D eigenvalue weighted by Crippen LogP contribution is 2.33. The molecule has 5 heteroatoms. The molecule has 2 heterocycles. The van der Waals surface area contributed by atoms with E-state index in [1.165, 1.54) is 12.1 Å². The van der Waals surface area contributed by atoms with E-state index < -0.39 is 0 Å². The Morgan fingerprint density at radius 2 is 2.22 bits per heavy atom. The van der Waals surface area contributed by atoms with Gasteiger partial charge in [0.05, 0.1) is 0 Å². The second-order valence-corrected chi connectivity index (χ2v) is 5.25. The van der Waals surface area contributed by atoms with Gasteiger partial charge >= 0.3 is 6.03 Å². The van der Waals surface area contributed by atoms with E-state index in [1.54, 1.807) is 17.0 Å². The number of hydrogen-bond acceptors (Lipinski definition) is 2. The van der Waals surface area contributed by atoms with Gasteiger partial charge in [0, 0.05) is 38.1 Å². The summed E-state index contributed by atoms with van der Waals surface area (Å²) in [5.74, 6) is -0.273. The van der Waals surface area contributed by atoms with E-state index in [1.807, 2.05) is 0 Å². The van der Waals surface area contributed by atoms with E-state index >= 15 is 0 Å². The number of likely N-dealkylation sites (tertiary alicyclic amines) is 1. The summed E-state index contributed by atoms with van der Waals surface area (Å²) in [5.41, 5.74) is 1.12. The molecule has 0 atom stereocenters. The fourth-order valence-electron chi connectivity index (χ4n) is 2.55. The molecule has 0 unspecified atom stereocenters. The van der Waals surface area contributed by atoms with Gasteiger partial charge in [-0.25, -0.2) is 9.18 Å². The van der Waals surface area contributed by atoms with Crippen LogP contribution in [-0.4, -0.2) is 37.1 Å². The molecule has 3 rings (SSSR count). The summed E-state index contributed by atoms with van der Waals surface area (Å²) >= 11 is 0. The maximum atomic E-state index is 13.0. The van der Waals surface area contributed by atoms with Crippen molar-refractivity contribution >= 4 is 6.03 Å². The van der Waals surface area contributed by atoms with Crippen molar-refractivity contribution in [2.45, 2.75) is 6.54 Å². The molecule has 0 aliphatic carbocycles. The smallest absolute Gasteiger partial charge is 0.317 e. The van der Waals surface area contributed by atoms with Crippen LogP contribution in [0.4, 0.5) is 9.18 Å². The van der Waals surface area contributed by atoms with Crippen LogP contribution in [0, 0.1) is 11.2 Å². The summed E-state index contributed by atoms with van der Waals surface area (Å²) in [7, 11) is 0. The molecule has 2 fully saturated rings. The second kappa shape index (κ2) is 4.24. The first kappa shape index (κ1) is 11.5. The van der Waals surface area contributed by atoms with Gasteiger partial charge in [0.25, 0.3) is 0 Å². The van der Waals surface area contributed by atoms with Gasteiger partial charge < -0.3 is 15.5 Å². The highest BCUT2D eigenvalue weighted by atomic mass is 19.1. The number of rotatable bonds is 2. The largest absolute Gasteiger partial charge is 0.334 e. The van der Waals surface area contributed by atoms with Gasteiger partial charge in [0.15, 0.2) is 0 Å². The number of carbonyl (C=O) groups excluding carboxylic acids is 1. The molecule has 4 nitrogen and oxygen atoms in total. The highest BCUT2D eigenvalue weighted by molar-refractivity contribution is 5.75. The van der Waals surface area contributed by atoms with Crippen molar-refractivity contribution in [1.82, 2.24) is 15.5 Å². The highest BCUT2D eigenvalue weighted by Gasteiger charge is 2.49. The summed E-state index contributed by atoms with van der Waals surface area (Å²) in [4.78, 5) is 13.6. The van der Waals surface area contributed by atoms with Crippen molar-refractivity contribution in [2.24, 2.45) is 5.41 Å². The Morgan fingerprint density at radius 3 is 2.83 bits per heavy atom. The van der Waals surface area contributed by atoms with Crippen LogP contribution in [0.15, 0.2) is 24.3 Å². The number of nitrogens with zero attached hydrogens (tertiary/aromatic N) is 1. The molecular weight excluding hydrogens is 233 g/mol. The number of nitrogens with one attached hydrogen (secondary N) is 2. The maximum absolute atomic E-state index is 13.0. The van der Waals surface area contributed by atoms with Crippen LogP contribution in [0.5, 0.6) is 0 Å². The van der Waals surface area contributed by atoms with Gasteiger partial charge in [-0.05, 0) is 17.7 Å². The van der Waals surface area contributed by atoms with Gasteiger partial charge in [-0.15, -0.1) is 0 Å². The first-order valence-corrected chi connectivity index (χ1v) is 6.15. The van der Waals surface area contributed by atoms with E-state index in [2.05, 4.69) is 10.6 Å². The van der Waals surface area contributed by atoms with Crippen molar-refractivity contribution in [2.75, 3.05) is 26.2 Å². The third-order valence-corrected chi connectivity index (χ3v) is 3.67. The van der Waals surface area contributed by atoms with Gasteiger partial charge in [-0.2, -0.15) is 0 Å². The van der Waals surface area contributed by atoms with Crippen molar-refractivity contribution in [1.29, 1.82) is 0 Å². The Hall–Kier alpha value is -1.62. The Balaban J connectivity index is 1.47. The first-order chi connectivity index (χ1) is 8.67. The minimum Gasteiger partial charge on any atom is -0.334 e. The SMILES string of the molecule is O=C(NCc1cccc(F)c1)N1CC2(CNC2)C1. The van der Waals surface area contributed by atoms with Crippen LogP contribution in [0.25, 0.3) is 0 Å². The molecule has 0 bridgehead atoms. The molecule has 1 aromatic carbocycles. The van der Waals surface area contributed by atoms with Gasteiger partial charge in [0.1, 0.15) is 5.82 Å². The molecule has 0 aromatic heterocycles. The zero-order valence-corrected chi connectivity index (χ0v) is 10.1. The van der Waals surface area contributed by atoms with Crippen LogP contribution in [0.3, 0.4) is 0 Å².